The Kier molecular flexibility index (Phi) is 4.86. The van der Waals surface area contributed by atoms with E-state index in [0.29, 0.717) is 6.04 Å². The van der Waals surface area contributed by atoms with E-state index in [2.05, 4.69) is 11.6 Å². The summed E-state index contributed by atoms with van der Waals surface area (Å²) in [6, 6.07) is 0.499. The van der Waals surface area contributed by atoms with Gasteiger partial charge < -0.3 is 0 Å². The molecule has 3 nitrogen and oxygen atoms in total. The summed E-state index contributed by atoms with van der Waals surface area (Å²) >= 11 is 1.73. The van der Waals surface area contributed by atoms with Gasteiger partial charge >= 0.3 is 0 Å². The summed E-state index contributed by atoms with van der Waals surface area (Å²) in [6.07, 6.45) is 13.9. The predicted octanol–water partition coefficient (Wildman–Crippen LogP) is 3.34. The van der Waals surface area contributed by atoms with E-state index in [9.17, 15) is 0 Å². The van der Waals surface area contributed by atoms with E-state index in [1.54, 1.807) is 18.0 Å². The minimum absolute atomic E-state index is 0.499. The molecule has 1 heterocycles. The van der Waals surface area contributed by atoms with E-state index in [1.807, 2.05) is 23.2 Å². The Morgan fingerprint density at radius 1 is 1.47 bits per heavy atom. The molecule has 1 saturated carbocycles. The molecular weight excluding hydrogens is 230 g/mol. The molecule has 1 aromatic heterocycles. The van der Waals surface area contributed by atoms with Crippen LogP contribution in [0.25, 0.3) is 0 Å². The Morgan fingerprint density at radius 2 is 2.29 bits per heavy atom. The minimum atomic E-state index is 0.499. The van der Waals surface area contributed by atoms with Crippen molar-refractivity contribution in [3.63, 3.8) is 0 Å². The molecule has 4 heteroatoms. The van der Waals surface area contributed by atoms with Crippen molar-refractivity contribution in [2.75, 3.05) is 5.75 Å². The fourth-order valence-corrected chi connectivity index (χ4v) is 2.80. The highest BCUT2D eigenvalue weighted by Crippen LogP contribution is 2.22. The Hall–Kier alpha value is -1.03. The van der Waals surface area contributed by atoms with E-state index in [0.717, 1.165) is 10.9 Å². The number of nitrogens with zero attached hydrogens (tertiary/aromatic N) is 3. The molecule has 92 valence electrons. The van der Waals surface area contributed by atoms with Gasteiger partial charge in [-0.2, -0.15) is 0 Å². The van der Waals surface area contributed by atoms with Crippen LogP contribution >= 0.6 is 11.8 Å². The maximum atomic E-state index is 4.87. The summed E-state index contributed by atoms with van der Waals surface area (Å²) in [4.78, 5) is 8.96. The van der Waals surface area contributed by atoms with Crippen LogP contribution in [0.2, 0.25) is 0 Å². The van der Waals surface area contributed by atoms with Gasteiger partial charge in [-0.1, -0.05) is 37.1 Å². The monoisotopic (exact) mass is 249 g/mol. The number of hydrogen-bond acceptors (Lipinski definition) is 3. The number of aromatic nitrogens is 2. The summed E-state index contributed by atoms with van der Waals surface area (Å²) in [5.41, 5.74) is 0. The van der Waals surface area contributed by atoms with E-state index in [1.165, 1.54) is 32.1 Å². The number of aliphatic imine (C=N–C) groups is 1. The SMILES string of the molecule is C=CCS/C(=N/C1CCCCC1)n1ccnc1. The van der Waals surface area contributed by atoms with Gasteiger partial charge in [-0.25, -0.2) is 4.98 Å². The van der Waals surface area contributed by atoms with E-state index in [-0.39, 0.29) is 0 Å². The van der Waals surface area contributed by atoms with Gasteiger partial charge in [0.2, 0.25) is 0 Å². The molecule has 17 heavy (non-hydrogen) atoms. The number of rotatable bonds is 3. The molecule has 0 saturated heterocycles. The third kappa shape index (κ3) is 3.73. The second-order valence-corrected chi connectivity index (χ2v) is 5.26. The molecule has 0 atom stereocenters. The molecule has 1 aromatic rings. The summed E-state index contributed by atoms with van der Waals surface area (Å²) in [5, 5.41) is 1.05. The largest absolute Gasteiger partial charge is 0.285 e. The summed E-state index contributed by atoms with van der Waals surface area (Å²) in [6.45, 7) is 3.76. The van der Waals surface area contributed by atoms with Crippen molar-refractivity contribution in [1.82, 2.24) is 9.55 Å². The molecule has 0 unspecified atom stereocenters. The average Bonchev–Trinajstić information content (AvgIpc) is 2.89. The normalized spacial score (nSPS) is 18.2. The molecular formula is C13H19N3S. The zero-order chi connectivity index (χ0) is 11.9. The highest BCUT2D eigenvalue weighted by atomic mass is 32.2. The molecule has 0 bridgehead atoms. The van der Waals surface area contributed by atoms with Crippen molar-refractivity contribution in [2.45, 2.75) is 38.1 Å². The highest BCUT2D eigenvalue weighted by molar-refractivity contribution is 8.14. The lowest BCUT2D eigenvalue weighted by Gasteiger charge is -2.19. The maximum Gasteiger partial charge on any atom is 0.169 e. The average molecular weight is 249 g/mol. The van der Waals surface area contributed by atoms with Crippen molar-refractivity contribution in [3.8, 4) is 0 Å². The van der Waals surface area contributed by atoms with Gasteiger partial charge in [0.15, 0.2) is 5.17 Å². The topological polar surface area (TPSA) is 30.2 Å². The Balaban J connectivity index is 2.08. The molecule has 0 radical (unpaired) electrons. The Bertz CT molecular complexity index is 364. The molecule has 0 aromatic carbocycles. The van der Waals surface area contributed by atoms with Crippen LogP contribution in [-0.2, 0) is 0 Å². The molecule has 1 fully saturated rings. The predicted molar refractivity (Wildman–Crippen MR) is 74.6 cm³/mol. The maximum absolute atomic E-state index is 4.87. The van der Waals surface area contributed by atoms with Crippen LogP contribution in [0.3, 0.4) is 0 Å². The van der Waals surface area contributed by atoms with Crippen molar-refractivity contribution in [1.29, 1.82) is 0 Å². The van der Waals surface area contributed by atoms with Gasteiger partial charge in [-0.05, 0) is 12.8 Å². The van der Waals surface area contributed by atoms with Crippen LogP contribution in [0.15, 0.2) is 36.4 Å². The van der Waals surface area contributed by atoms with Crippen LogP contribution in [0.1, 0.15) is 32.1 Å². The zero-order valence-electron chi connectivity index (χ0n) is 10.1. The molecule has 0 amide bonds. The first-order valence-corrected chi connectivity index (χ1v) is 7.18. The molecule has 1 aliphatic rings. The lowest BCUT2D eigenvalue weighted by molar-refractivity contribution is 0.443. The van der Waals surface area contributed by atoms with Crippen LogP contribution in [0.4, 0.5) is 0 Å². The lowest BCUT2D eigenvalue weighted by Crippen LogP contribution is -2.15. The molecule has 0 N–H and O–H groups in total. The van der Waals surface area contributed by atoms with Crippen molar-refractivity contribution in [2.24, 2.45) is 4.99 Å². The summed E-state index contributed by atoms with van der Waals surface area (Å²) in [5.74, 6) is 0.893. The fourth-order valence-electron chi connectivity index (χ4n) is 2.05. The highest BCUT2D eigenvalue weighted by Gasteiger charge is 2.13. The van der Waals surface area contributed by atoms with Gasteiger partial charge in [0.25, 0.3) is 0 Å². The molecule has 0 aliphatic heterocycles. The van der Waals surface area contributed by atoms with Crippen molar-refractivity contribution < 1.29 is 0 Å². The van der Waals surface area contributed by atoms with Crippen molar-refractivity contribution >= 4 is 16.9 Å². The number of hydrogen-bond donors (Lipinski definition) is 0. The first-order valence-electron chi connectivity index (χ1n) is 6.20. The summed E-state index contributed by atoms with van der Waals surface area (Å²) in [7, 11) is 0. The van der Waals surface area contributed by atoms with Crippen LogP contribution in [0.5, 0.6) is 0 Å². The van der Waals surface area contributed by atoms with Gasteiger partial charge in [0.05, 0.1) is 6.04 Å². The standard InChI is InChI=1S/C13H19N3S/c1-2-10-17-13(16-9-8-14-11-16)15-12-6-4-3-5-7-12/h2,8-9,11-12H,1,3-7,10H2/b15-13+. The first-order chi connectivity index (χ1) is 8.40. The summed E-state index contributed by atoms with van der Waals surface area (Å²) < 4.78 is 2.00. The van der Waals surface area contributed by atoms with E-state index in [4.69, 9.17) is 4.99 Å². The third-order valence-corrected chi connectivity index (χ3v) is 3.90. The lowest BCUT2D eigenvalue weighted by atomic mass is 9.96. The second-order valence-electron chi connectivity index (χ2n) is 4.27. The Morgan fingerprint density at radius 3 is 2.94 bits per heavy atom. The van der Waals surface area contributed by atoms with Crippen LogP contribution in [0, 0.1) is 0 Å². The number of imidazole rings is 1. The number of thioether (sulfide) groups is 1. The van der Waals surface area contributed by atoms with Crippen molar-refractivity contribution in [3.05, 3.63) is 31.4 Å². The van der Waals surface area contributed by atoms with Gasteiger partial charge in [0.1, 0.15) is 6.33 Å². The smallest absolute Gasteiger partial charge is 0.169 e. The Labute approximate surface area is 107 Å². The van der Waals surface area contributed by atoms with Gasteiger partial charge in [-0.3, -0.25) is 9.56 Å². The minimum Gasteiger partial charge on any atom is -0.285 e. The third-order valence-electron chi connectivity index (χ3n) is 2.92. The second kappa shape index (κ2) is 6.64. The van der Waals surface area contributed by atoms with E-state index >= 15 is 0 Å². The van der Waals surface area contributed by atoms with Gasteiger partial charge in [0, 0.05) is 18.1 Å². The van der Waals surface area contributed by atoms with Crippen LogP contribution < -0.4 is 0 Å². The first kappa shape index (κ1) is 12.4. The molecule has 1 aliphatic carbocycles. The van der Waals surface area contributed by atoms with Gasteiger partial charge in [-0.15, -0.1) is 6.58 Å². The van der Waals surface area contributed by atoms with Crippen LogP contribution in [-0.4, -0.2) is 26.5 Å². The zero-order valence-corrected chi connectivity index (χ0v) is 10.9. The molecule has 0 spiro atoms. The van der Waals surface area contributed by atoms with E-state index < -0.39 is 0 Å². The quantitative estimate of drug-likeness (QED) is 0.467. The molecule has 2 rings (SSSR count). The fraction of sp³-hybridized carbons (Fsp3) is 0.538.